The summed E-state index contributed by atoms with van der Waals surface area (Å²) >= 11 is 0. The summed E-state index contributed by atoms with van der Waals surface area (Å²) in [5.74, 6) is -0.0256. The van der Waals surface area contributed by atoms with Crippen molar-refractivity contribution in [1.82, 2.24) is 5.32 Å². The summed E-state index contributed by atoms with van der Waals surface area (Å²) < 4.78 is 5.50. The van der Waals surface area contributed by atoms with Gasteiger partial charge in [-0.1, -0.05) is 328 Å². The molecule has 0 aromatic rings. The van der Waals surface area contributed by atoms with Crippen molar-refractivity contribution in [1.29, 1.82) is 0 Å². The SMILES string of the molecule is CCCCCCCCCCCCCCCCCCCCC(=O)OCCCCCCCCCCCC/C=C\CCCCCCCCCC(=O)NC(CO)C(O)CCCCCCCCCCCCCCCCCCC. The molecule has 2 atom stereocenters. The van der Waals surface area contributed by atoms with Crippen LogP contribution in [0.15, 0.2) is 12.2 Å². The number of esters is 1. The molecule has 434 valence electrons. The van der Waals surface area contributed by atoms with Crippen LogP contribution in [-0.4, -0.2) is 47.4 Å². The Bertz CT molecular complexity index is 1100. The van der Waals surface area contributed by atoms with E-state index in [1.807, 2.05) is 0 Å². The van der Waals surface area contributed by atoms with Crippen LogP contribution < -0.4 is 5.32 Å². The number of aliphatic hydroxyl groups is 2. The highest BCUT2D eigenvalue weighted by atomic mass is 16.5. The molecule has 0 aliphatic rings. The molecular formula is C67H131NO5. The fraction of sp³-hybridized carbons (Fsp3) is 0.940. The van der Waals surface area contributed by atoms with Crippen molar-refractivity contribution < 1.29 is 24.5 Å². The van der Waals surface area contributed by atoms with E-state index in [2.05, 4.69) is 31.3 Å². The van der Waals surface area contributed by atoms with Gasteiger partial charge in [-0.15, -0.1) is 0 Å². The molecule has 0 rings (SSSR count). The number of amides is 1. The van der Waals surface area contributed by atoms with Crippen LogP contribution in [0.4, 0.5) is 0 Å². The molecular weight excluding hydrogens is 899 g/mol. The molecule has 6 nitrogen and oxygen atoms in total. The second kappa shape index (κ2) is 63.1. The van der Waals surface area contributed by atoms with E-state index in [4.69, 9.17) is 4.74 Å². The minimum absolute atomic E-state index is 0.0136. The number of rotatable bonds is 63. The van der Waals surface area contributed by atoms with Crippen molar-refractivity contribution in [3.8, 4) is 0 Å². The highest BCUT2D eigenvalue weighted by molar-refractivity contribution is 5.76. The predicted molar refractivity (Wildman–Crippen MR) is 320 cm³/mol. The van der Waals surface area contributed by atoms with Crippen LogP contribution in [0.25, 0.3) is 0 Å². The van der Waals surface area contributed by atoms with Crippen molar-refractivity contribution in [3.63, 3.8) is 0 Å². The molecule has 0 aromatic carbocycles. The van der Waals surface area contributed by atoms with Crippen molar-refractivity contribution >= 4 is 11.9 Å². The number of carbonyl (C=O) groups is 2. The second-order valence-electron chi connectivity index (χ2n) is 23.2. The lowest BCUT2D eigenvalue weighted by atomic mass is 10.0. The van der Waals surface area contributed by atoms with Gasteiger partial charge < -0.3 is 20.3 Å². The number of hydrogen-bond acceptors (Lipinski definition) is 5. The molecule has 0 saturated heterocycles. The van der Waals surface area contributed by atoms with E-state index < -0.39 is 12.1 Å². The van der Waals surface area contributed by atoms with Gasteiger partial charge in [-0.05, 0) is 51.4 Å². The normalized spacial score (nSPS) is 12.5. The molecule has 73 heavy (non-hydrogen) atoms. The third kappa shape index (κ3) is 59.7. The van der Waals surface area contributed by atoms with Gasteiger partial charge in [0.2, 0.25) is 5.91 Å². The van der Waals surface area contributed by atoms with Crippen LogP contribution in [0.5, 0.6) is 0 Å². The Morgan fingerprint density at radius 2 is 0.644 bits per heavy atom. The van der Waals surface area contributed by atoms with E-state index in [-0.39, 0.29) is 18.5 Å². The number of allylic oxidation sites excluding steroid dienone is 2. The highest BCUT2D eigenvalue weighted by Gasteiger charge is 2.20. The van der Waals surface area contributed by atoms with E-state index in [9.17, 15) is 19.8 Å². The fourth-order valence-electron chi connectivity index (χ4n) is 10.7. The standard InChI is InChI=1S/C67H131NO5/c1-3-5-7-9-11-13-15-17-19-21-29-33-37-41-45-49-53-57-61-67(72)73-62-58-54-50-46-42-38-34-30-26-24-22-23-25-28-32-36-40-44-48-52-56-60-66(71)68-64(63-69)65(70)59-55-51-47-43-39-35-31-27-20-18-16-14-12-10-8-6-4-2/h23,25,64-65,69-70H,3-22,24,26-63H2,1-2H3,(H,68,71)/b25-23-. The van der Waals surface area contributed by atoms with E-state index in [1.165, 1.54) is 308 Å². The molecule has 2 unspecified atom stereocenters. The van der Waals surface area contributed by atoms with E-state index >= 15 is 0 Å². The number of ether oxygens (including phenoxy) is 1. The number of unbranched alkanes of at least 4 members (excludes halogenated alkanes) is 50. The van der Waals surface area contributed by atoms with Gasteiger partial charge in [0.1, 0.15) is 0 Å². The Morgan fingerprint density at radius 3 is 0.973 bits per heavy atom. The molecule has 0 aliphatic heterocycles. The van der Waals surface area contributed by atoms with Gasteiger partial charge in [0.25, 0.3) is 0 Å². The Morgan fingerprint density at radius 1 is 0.370 bits per heavy atom. The topological polar surface area (TPSA) is 95.9 Å². The first kappa shape index (κ1) is 71.6. The molecule has 0 aromatic heterocycles. The number of aliphatic hydroxyl groups excluding tert-OH is 2. The Labute approximate surface area is 457 Å². The third-order valence-corrected chi connectivity index (χ3v) is 15.8. The molecule has 0 bridgehead atoms. The van der Waals surface area contributed by atoms with Gasteiger partial charge in [0.15, 0.2) is 0 Å². The largest absolute Gasteiger partial charge is 0.466 e. The number of carbonyl (C=O) groups excluding carboxylic acids is 2. The minimum atomic E-state index is -0.669. The maximum Gasteiger partial charge on any atom is 0.305 e. The average Bonchev–Trinajstić information content (AvgIpc) is 3.39. The number of hydrogen-bond donors (Lipinski definition) is 3. The first-order valence-corrected chi connectivity index (χ1v) is 33.4. The summed E-state index contributed by atoms with van der Waals surface area (Å²) in [5, 5.41) is 23.3. The van der Waals surface area contributed by atoms with Crippen molar-refractivity contribution in [2.24, 2.45) is 0 Å². The van der Waals surface area contributed by atoms with Gasteiger partial charge in [0.05, 0.1) is 25.4 Å². The first-order chi connectivity index (χ1) is 36.0. The minimum Gasteiger partial charge on any atom is -0.466 e. The fourth-order valence-corrected chi connectivity index (χ4v) is 10.7. The van der Waals surface area contributed by atoms with E-state index in [1.54, 1.807) is 0 Å². The highest BCUT2D eigenvalue weighted by Crippen LogP contribution is 2.19. The summed E-state index contributed by atoms with van der Waals surface area (Å²) in [6, 6.07) is -0.547. The van der Waals surface area contributed by atoms with Crippen molar-refractivity contribution in [2.75, 3.05) is 13.2 Å². The smallest absolute Gasteiger partial charge is 0.305 e. The lowest BCUT2D eigenvalue weighted by Gasteiger charge is -2.22. The zero-order chi connectivity index (χ0) is 52.9. The van der Waals surface area contributed by atoms with Crippen LogP contribution in [0.3, 0.4) is 0 Å². The molecule has 1 amide bonds. The first-order valence-electron chi connectivity index (χ1n) is 33.4. The molecule has 3 N–H and O–H groups in total. The number of nitrogens with one attached hydrogen (secondary N) is 1. The van der Waals surface area contributed by atoms with Gasteiger partial charge in [-0.25, -0.2) is 0 Å². The monoisotopic (exact) mass is 1030 g/mol. The summed E-state index contributed by atoms with van der Waals surface area (Å²) in [4.78, 5) is 24.6. The zero-order valence-electron chi connectivity index (χ0n) is 49.6. The Kier molecular flexibility index (Phi) is 61.9. The maximum absolute atomic E-state index is 12.5. The van der Waals surface area contributed by atoms with E-state index in [0.717, 1.165) is 38.5 Å². The summed E-state index contributed by atoms with van der Waals surface area (Å²) in [7, 11) is 0. The van der Waals surface area contributed by atoms with Crippen molar-refractivity contribution in [3.05, 3.63) is 12.2 Å². The molecule has 0 heterocycles. The third-order valence-electron chi connectivity index (χ3n) is 15.8. The lowest BCUT2D eigenvalue weighted by molar-refractivity contribution is -0.143. The molecule has 0 spiro atoms. The summed E-state index contributed by atoms with van der Waals surface area (Å²) in [6.45, 7) is 4.99. The molecule has 0 saturated carbocycles. The van der Waals surface area contributed by atoms with Gasteiger partial charge in [-0.2, -0.15) is 0 Å². The van der Waals surface area contributed by atoms with Gasteiger partial charge >= 0.3 is 5.97 Å². The summed E-state index contributed by atoms with van der Waals surface area (Å²) in [5.41, 5.74) is 0. The van der Waals surface area contributed by atoms with Gasteiger partial charge in [0, 0.05) is 12.8 Å². The predicted octanol–water partition coefficient (Wildman–Crippen LogP) is 21.2. The zero-order valence-corrected chi connectivity index (χ0v) is 49.6. The van der Waals surface area contributed by atoms with Crippen LogP contribution in [-0.2, 0) is 14.3 Å². The Balaban J connectivity index is 3.39. The van der Waals surface area contributed by atoms with E-state index in [0.29, 0.717) is 25.9 Å². The molecule has 0 aliphatic carbocycles. The average molecular weight is 1030 g/mol. The molecule has 6 heteroatoms. The van der Waals surface area contributed by atoms with Crippen LogP contribution in [0.2, 0.25) is 0 Å². The molecule has 0 radical (unpaired) electrons. The van der Waals surface area contributed by atoms with Crippen LogP contribution in [0, 0.1) is 0 Å². The lowest BCUT2D eigenvalue weighted by Crippen LogP contribution is -2.45. The van der Waals surface area contributed by atoms with Gasteiger partial charge in [-0.3, -0.25) is 9.59 Å². The van der Waals surface area contributed by atoms with Crippen molar-refractivity contribution in [2.45, 2.75) is 392 Å². The quantitative estimate of drug-likeness (QED) is 0.0320. The maximum atomic E-state index is 12.5. The second-order valence-corrected chi connectivity index (χ2v) is 23.2. The van der Waals surface area contributed by atoms with Crippen LogP contribution >= 0.6 is 0 Å². The van der Waals surface area contributed by atoms with Crippen LogP contribution in [0.1, 0.15) is 380 Å². The molecule has 0 fully saturated rings. The summed E-state index contributed by atoms with van der Waals surface area (Å²) in [6.07, 6.45) is 76.6. The Hall–Kier alpha value is -1.40.